The molecular weight excluding hydrogens is 289 g/mol. The van der Waals surface area contributed by atoms with Crippen LogP contribution in [0.25, 0.3) is 0 Å². The molecule has 0 amide bonds. The third-order valence-corrected chi connectivity index (χ3v) is 4.67. The Hall–Kier alpha value is -1.31. The molecule has 1 aliphatic carbocycles. The number of hydrogen-bond acceptors (Lipinski definition) is 1. The Labute approximate surface area is 129 Å². The Bertz CT molecular complexity index is 676. The summed E-state index contributed by atoms with van der Waals surface area (Å²) in [6, 6.07) is 14.4. The van der Waals surface area contributed by atoms with E-state index in [0.29, 0.717) is 16.0 Å². The van der Waals surface area contributed by atoms with Gasteiger partial charge in [-0.25, -0.2) is 0 Å². The molecule has 1 aliphatic rings. The lowest BCUT2D eigenvalue weighted by Gasteiger charge is -2.27. The van der Waals surface area contributed by atoms with Crippen LogP contribution in [0.1, 0.15) is 35.4 Å². The highest BCUT2D eigenvalue weighted by molar-refractivity contribution is 6.42. The van der Waals surface area contributed by atoms with E-state index >= 15 is 0 Å². The number of benzene rings is 2. The summed E-state index contributed by atoms with van der Waals surface area (Å²) in [6.45, 7) is 0. The van der Waals surface area contributed by atoms with E-state index in [1.807, 2.05) is 19.2 Å². The zero-order valence-electron chi connectivity index (χ0n) is 11.2. The average Bonchev–Trinajstić information content (AvgIpc) is 2.49. The van der Waals surface area contributed by atoms with E-state index in [4.69, 9.17) is 23.2 Å². The summed E-state index contributed by atoms with van der Waals surface area (Å²) in [7, 11) is 1.87. The first-order chi connectivity index (χ1) is 9.70. The fourth-order valence-electron chi connectivity index (χ4n) is 2.94. The van der Waals surface area contributed by atoms with Crippen molar-refractivity contribution in [1.82, 2.24) is 0 Å². The molecule has 1 unspecified atom stereocenters. The fourth-order valence-corrected chi connectivity index (χ4v) is 3.25. The molecule has 0 bridgehead atoms. The quantitative estimate of drug-likeness (QED) is 0.674. The van der Waals surface area contributed by atoms with Gasteiger partial charge in [0.1, 0.15) is 0 Å². The van der Waals surface area contributed by atoms with Crippen molar-refractivity contribution < 1.29 is 0 Å². The summed E-state index contributed by atoms with van der Waals surface area (Å²) < 4.78 is 0. The highest BCUT2D eigenvalue weighted by Crippen LogP contribution is 2.38. The zero-order valence-corrected chi connectivity index (χ0v) is 12.7. The fraction of sp³-hybridized carbons (Fsp3) is 0.235. The molecule has 0 heterocycles. The van der Waals surface area contributed by atoms with Crippen LogP contribution in [0.2, 0.25) is 10.0 Å². The van der Waals surface area contributed by atoms with Gasteiger partial charge in [-0.15, -0.1) is 0 Å². The topological polar surface area (TPSA) is 12.4 Å². The Morgan fingerprint density at radius 3 is 2.60 bits per heavy atom. The van der Waals surface area contributed by atoms with E-state index in [0.717, 1.165) is 12.8 Å². The van der Waals surface area contributed by atoms with Crippen molar-refractivity contribution >= 4 is 28.9 Å². The molecule has 3 rings (SSSR count). The van der Waals surface area contributed by atoms with E-state index in [9.17, 15) is 0 Å². The van der Waals surface area contributed by atoms with Crippen LogP contribution in [0.3, 0.4) is 0 Å². The van der Waals surface area contributed by atoms with Gasteiger partial charge in [0.15, 0.2) is 0 Å². The first kappa shape index (κ1) is 13.7. The molecule has 0 spiro atoms. The number of hydrogen-bond donors (Lipinski definition) is 0. The molecule has 0 fully saturated rings. The summed E-state index contributed by atoms with van der Waals surface area (Å²) in [5, 5.41) is 1.23. The molecule has 3 heteroatoms. The third-order valence-electron chi connectivity index (χ3n) is 3.93. The van der Waals surface area contributed by atoms with Gasteiger partial charge >= 0.3 is 0 Å². The van der Waals surface area contributed by atoms with Crippen LogP contribution in [-0.4, -0.2) is 12.8 Å². The first-order valence-electron chi connectivity index (χ1n) is 6.70. The molecule has 2 aromatic rings. The minimum Gasteiger partial charge on any atom is -0.292 e. The minimum atomic E-state index is 0.367. The lowest BCUT2D eigenvalue weighted by atomic mass is 9.78. The molecule has 1 atom stereocenters. The summed E-state index contributed by atoms with van der Waals surface area (Å²) in [4.78, 5) is 4.42. The van der Waals surface area contributed by atoms with Gasteiger partial charge in [-0.1, -0.05) is 53.5 Å². The minimum absolute atomic E-state index is 0.367. The zero-order chi connectivity index (χ0) is 14.1. The first-order valence-corrected chi connectivity index (χ1v) is 7.46. The molecule has 0 aliphatic heterocycles. The van der Waals surface area contributed by atoms with Crippen LogP contribution in [-0.2, 0) is 0 Å². The second-order valence-electron chi connectivity index (χ2n) is 5.02. The number of nitrogens with zero attached hydrogens (tertiary/aromatic N) is 1. The Balaban J connectivity index is 2.09. The van der Waals surface area contributed by atoms with E-state index in [1.165, 1.54) is 22.4 Å². The maximum absolute atomic E-state index is 6.16. The molecule has 0 aromatic heterocycles. The predicted molar refractivity (Wildman–Crippen MR) is 86.4 cm³/mol. The van der Waals surface area contributed by atoms with E-state index in [1.54, 1.807) is 0 Å². The number of halogens is 2. The Morgan fingerprint density at radius 1 is 1.05 bits per heavy atom. The molecule has 20 heavy (non-hydrogen) atoms. The van der Waals surface area contributed by atoms with Crippen LogP contribution >= 0.6 is 23.2 Å². The summed E-state index contributed by atoms with van der Waals surface area (Å²) >= 11 is 12.2. The van der Waals surface area contributed by atoms with Gasteiger partial charge < -0.3 is 0 Å². The van der Waals surface area contributed by atoms with E-state index in [2.05, 4.69) is 35.3 Å². The molecule has 0 saturated heterocycles. The lowest BCUT2D eigenvalue weighted by Crippen LogP contribution is -2.17. The van der Waals surface area contributed by atoms with Gasteiger partial charge in [0.05, 0.1) is 10.0 Å². The van der Waals surface area contributed by atoms with Gasteiger partial charge in [0.25, 0.3) is 0 Å². The molecule has 0 saturated carbocycles. The number of rotatable bonds is 1. The summed E-state index contributed by atoms with van der Waals surface area (Å²) in [5.74, 6) is 0.367. The summed E-state index contributed by atoms with van der Waals surface area (Å²) in [6.07, 6.45) is 2.06. The largest absolute Gasteiger partial charge is 0.292 e. The average molecular weight is 304 g/mol. The lowest BCUT2D eigenvalue weighted by molar-refractivity contribution is 0.722. The smallest absolute Gasteiger partial charge is 0.0595 e. The van der Waals surface area contributed by atoms with Crippen LogP contribution < -0.4 is 0 Å². The van der Waals surface area contributed by atoms with Crippen LogP contribution in [0.4, 0.5) is 0 Å². The molecule has 0 radical (unpaired) electrons. The van der Waals surface area contributed by atoms with Crippen molar-refractivity contribution in [3.05, 3.63) is 69.2 Å². The van der Waals surface area contributed by atoms with Crippen molar-refractivity contribution in [1.29, 1.82) is 0 Å². The van der Waals surface area contributed by atoms with Crippen molar-refractivity contribution in [2.45, 2.75) is 18.8 Å². The number of fused-ring (bicyclic) bond motifs is 1. The van der Waals surface area contributed by atoms with Crippen LogP contribution in [0, 0.1) is 0 Å². The molecule has 2 aromatic carbocycles. The molecule has 102 valence electrons. The second-order valence-corrected chi connectivity index (χ2v) is 5.84. The van der Waals surface area contributed by atoms with Gasteiger partial charge in [0, 0.05) is 18.7 Å². The molecular formula is C17H15Cl2N. The van der Waals surface area contributed by atoms with Crippen molar-refractivity contribution in [3.8, 4) is 0 Å². The number of aliphatic imine (C=N–C) groups is 1. The standard InChI is InChI=1S/C17H15Cl2N/c1-20-17-9-7-12(13-4-2-3-5-14(13)17)11-6-8-15(18)16(19)10-11/h2-6,8,10,12H,7,9H2,1H3/b20-17+. The van der Waals surface area contributed by atoms with E-state index < -0.39 is 0 Å². The van der Waals surface area contributed by atoms with Crippen molar-refractivity contribution in [2.24, 2.45) is 4.99 Å². The van der Waals surface area contributed by atoms with Crippen LogP contribution in [0.5, 0.6) is 0 Å². The Morgan fingerprint density at radius 2 is 1.85 bits per heavy atom. The van der Waals surface area contributed by atoms with E-state index in [-0.39, 0.29) is 0 Å². The monoisotopic (exact) mass is 303 g/mol. The maximum Gasteiger partial charge on any atom is 0.0595 e. The normalized spacial score (nSPS) is 19.9. The highest BCUT2D eigenvalue weighted by Gasteiger charge is 2.25. The molecule has 1 nitrogen and oxygen atoms in total. The molecule has 0 N–H and O–H groups in total. The van der Waals surface area contributed by atoms with Gasteiger partial charge in [-0.3, -0.25) is 4.99 Å². The predicted octanol–water partition coefficient (Wildman–Crippen LogP) is 5.34. The van der Waals surface area contributed by atoms with Gasteiger partial charge in [-0.05, 0) is 41.7 Å². The summed E-state index contributed by atoms with van der Waals surface area (Å²) in [5.41, 5.74) is 5.01. The van der Waals surface area contributed by atoms with Crippen molar-refractivity contribution in [2.75, 3.05) is 7.05 Å². The highest BCUT2D eigenvalue weighted by atomic mass is 35.5. The maximum atomic E-state index is 6.16. The second kappa shape index (κ2) is 5.59. The van der Waals surface area contributed by atoms with Crippen LogP contribution in [0.15, 0.2) is 47.5 Å². The van der Waals surface area contributed by atoms with Gasteiger partial charge in [-0.2, -0.15) is 0 Å². The SMILES string of the molecule is C/N=C1\CCC(c2ccc(Cl)c(Cl)c2)c2ccccc21. The Kier molecular flexibility index (Phi) is 3.82. The third kappa shape index (κ3) is 2.36. The van der Waals surface area contributed by atoms with Gasteiger partial charge in [0.2, 0.25) is 0 Å². The van der Waals surface area contributed by atoms with Crippen molar-refractivity contribution in [3.63, 3.8) is 0 Å².